The van der Waals surface area contributed by atoms with Crippen LogP contribution in [0.15, 0.2) is 59.0 Å². The second-order valence-electron chi connectivity index (χ2n) is 6.98. The number of carbonyl (C=O) groups is 2. The normalized spacial score (nSPS) is 13.1. The lowest BCUT2D eigenvalue weighted by atomic mass is 10.1. The molecule has 0 saturated heterocycles. The van der Waals surface area contributed by atoms with Gasteiger partial charge in [-0.05, 0) is 42.3 Å². The molecule has 0 aliphatic carbocycles. The number of benzene rings is 2. The smallest absolute Gasteiger partial charge is 0.350 e. The van der Waals surface area contributed by atoms with Crippen molar-refractivity contribution >= 4 is 46.4 Å². The van der Waals surface area contributed by atoms with E-state index in [2.05, 4.69) is 10.3 Å². The zero-order valence-electron chi connectivity index (χ0n) is 17.2. The lowest BCUT2D eigenvalue weighted by Crippen LogP contribution is -2.35. The van der Waals surface area contributed by atoms with Crippen LogP contribution in [0.5, 0.6) is 0 Å². The Balaban J connectivity index is 1.78. The lowest BCUT2D eigenvalue weighted by Gasteiger charge is -2.17. The third-order valence-corrected chi connectivity index (χ3v) is 6.24. The van der Waals surface area contributed by atoms with Gasteiger partial charge in [0.2, 0.25) is 5.91 Å². The summed E-state index contributed by atoms with van der Waals surface area (Å²) in [6, 6.07) is 8.46. The fourth-order valence-corrected chi connectivity index (χ4v) is 4.11. The molecule has 0 aliphatic heterocycles. The van der Waals surface area contributed by atoms with Crippen LogP contribution in [0, 0.1) is 0 Å². The molecule has 0 spiro atoms. The predicted molar refractivity (Wildman–Crippen MR) is 121 cm³/mol. The van der Waals surface area contributed by atoms with Crippen molar-refractivity contribution in [1.82, 2.24) is 9.88 Å². The minimum absolute atomic E-state index is 0.0708. The number of alkyl halides is 3. The van der Waals surface area contributed by atoms with Crippen LogP contribution in [-0.4, -0.2) is 16.4 Å². The summed E-state index contributed by atoms with van der Waals surface area (Å²) in [7, 11) is 0. The minimum Gasteiger partial charge on any atom is -0.350 e. The molecule has 0 aliphatic rings. The average molecular weight is 516 g/mol. The Kier molecular flexibility index (Phi) is 7.99. The standard InChI is InChI=1S/C22H18Cl2F3N3O2S/c1-2-18(20(32)28-12-13-4-3-5-15(10-13)22(25,26)27)30-8-9-33-21(30)29-19(31)14-6-7-16(23)17(24)11-14/h3-11,18H,2,12H2,1H3,(H,28,32)/t18-/m0/s1. The molecule has 33 heavy (non-hydrogen) atoms. The highest BCUT2D eigenvalue weighted by Crippen LogP contribution is 2.29. The zero-order chi connectivity index (χ0) is 24.2. The SMILES string of the molecule is CC[C@@H](C(=O)NCc1cccc(C(F)(F)F)c1)n1ccsc1=NC(=O)c1ccc(Cl)c(Cl)c1. The molecule has 1 heterocycles. The number of carbonyl (C=O) groups excluding carboxylic acids is 2. The van der Waals surface area contributed by atoms with E-state index in [-0.39, 0.29) is 17.1 Å². The number of hydrogen-bond acceptors (Lipinski definition) is 3. The first-order valence-electron chi connectivity index (χ1n) is 9.73. The predicted octanol–water partition coefficient (Wildman–Crippen LogP) is 5.88. The van der Waals surface area contributed by atoms with Gasteiger partial charge in [-0.25, -0.2) is 0 Å². The summed E-state index contributed by atoms with van der Waals surface area (Å²) in [6.07, 6.45) is -2.46. The quantitative estimate of drug-likeness (QED) is 0.445. The molecule has 0 radical (unpaired) electrons. The minimum atomic E-state index is -4.46. The summed E-state index contributed by atoms with van der Waals surface area (Å²) in [4.78, 5) is 29.8. The highest BCUT2D eigenvalue weighted by molar-refractivity contribution is 7.07. The Morgan fingerprint density at radius 2 is 1.91 bits per heavy atom. The van der Waals surface area contributed by atoms with E-state index in [1.165, 1.54) is 41.7 Å². The van der Waals surface area contributed by atoms with Crippen LogP contribution in [0.3, 0.4) is 0 Å². The van der Waals surface area contributed by atoms with Crippen LogP contribution in [0.25, 0.3) is 0 Å². The van der Waals surface area contributed by atoms with E-state index in [1.807, 2.05) is 0 Å². The van der Waals surface area contributed by atoms with Gasteiger partial charge >= 0.3 is 6.18 Å². The van der Waals surface area contributed by atoms with Gasteiger partial charge in [-0.15, -0.1) is 11.3 Å². The molecule has 3 rings (SSSR count). The molecule has 0 unspecified atom stereocenters. The van der Waals surface area contributed by atoms with Gasteiger partial charge in [0.15, 0.2) is 4.80 Å². The van der Waals surface area contributed by atoms with Gasteiger partial charge in [0.1, 0.15) is 6.04 Å². The van der Waals surface area contributed by atoms with Crippen molar-refractivity contribution in [2.45, 2.75) is 32.1 Å². The summed E-state index contributed by atoms with van der Waals surface area (Å²) in [6.45, 7) is 1.71. The largest absolute Gasteiger partial charge is 0.416 e. The number of nitrogens with zero attached hydrogens (tertiary/aromatic N) is 2. The third kappa shape index (κ3) is 6.25. The molecular formula is C22H18Cl2F3N3O2S. The van der Waals surface area contributed by atoms with E-state index in [1.54, 1.807) is 23.1 Å². The second-order valence-corrected chi connectivity index (χ2v) is 8.67. The molecule has 0 saturated carbocycles. The van der Waals surface area contributed by atoms with Crippen molar-refractivity contribution in [2.75, 3.05) is 0 Å². The van der Waals surface area contributed by atoms with Crippen molar-refractivity contribution in [3.63, 3.8) is 0 Å². The fraction of sp³-hybridized carbons (Fsp3) is 0.227. The van der Waals surface area contributed by atoms with Gasteiger partial charge < -0.3 is 9.88 Å². The van der Waals surface area contributed by atoms with Crippen molar-refractivity contribution in [2.24, 2.45) is 4.99 Å². The van der Waals surface area contributed by atoms with E-state index in [0.717, 1.165) is 12.1 Å². The Morgan fingerprint density at radius 3 is 2.58 bits per heavy atom. The second kappa shape index (κ2) is 10.5. The molecule has 5 nitrogen and oxygen atoms in total. The van der Waals surface area contributed by atoms with Gasteiger partial charge in [-0.1, -0.05) is 42.3 Å². The van der Waals surface area contributed by atoms with Crippen molar-refractivity contribution < 1.29 is 22.8 Å². The Bertz CT molecular complexity index is 1240. The van der Waals surface area contributed by atoms with E-state index in [0.29, 0.717) is 21.8 Å². The number of nitrogens with one attached hydrogen (secondary N) is 1. The first-order chi connectivity index (χ1) is 15.6. The first kappa shape index (κ1) is 25.0. The summed E-state index contributed by atoms with van der Waals surface area (Å²) in [5, 5.41) is 4.87. The van der Waals surface area contributed by atoms with Gasteiger partial charge in [-0.2, -0.15) is 18.2 Å². The number of rotatable bonds is 6. The summed E-state index contributed by atoms with van der Waals surface area (Å²) < 4.78 is 40.3. The zero-order valence-corrected chi connectivity index (χ0v) is 19.5. The van der Waals surface area contributed by atoms with Crippen LogP contribution in [0.4, 0.5) is 13.2 Å². The van der Waals surface area contributed by atoms with Gasteiger partial charge in [0.05, 0.1) is 15.6 Å². The molecule has 2 amide bonds. The van der Waals surface area contributed by atoms with E-state index < -0.39 is 29.6 Å². The summed E-state index contributed by atoms with van der Waals surface area (Å²) >= 11 is 13.0. The number of amides is 2. The molecule has 0 fully saturated rings. The fourth-order valence-electron chi connectivity index (χ4n) is 3.06. The van der Waals surface area contributed by atoms with E-state index in [9.17, 15) is 22.8 Å². The average Bonchev–Trinajstić information content (AvgIpc) is 3.22. The van der Waals surface area contributed by atoms with E-state index in [4.69, 9.17) is 23.2 Å². The third-order valence-electron chi connectivity index (χ3n) is 4.73. The number of hydrogen-bond donors (Lipinski definition) is 1. The van der Waals surface area contributed by atoms with Crippen LogP contribution < -0.4 is 10.1 Å². The molecule has 1 aromatic heterocycles. The number of halogens is 5. The maximum absolute atomic E-state index is 12.9. The van der Waals surface area contributed by atoms with Crippen LogP contribution in [-0.2, 0) is 17.5 Å². The van der Waals surface area contributed by atoms with Gasteiger partial charge in [-0.3, -0.25) is 9.59 Å². The van der Waals surface area contributed by atoms with Crippen LogP contribution in [0.1, 0.15) is 40.9 Å². The molecule has 1 atom stereocenters. The summed E-state index contributed by atoms with van der Waals surface area (Å²) in [5.74, 6) is -0.958. The molecule has 2 aromatic carbocycles. The van der Waals surface area contributed by atoms with Crippen LogP contribution in [0.2, 0.25) is 10.0 Å². The lowest BCUT2D eigenvalue weighted by molar-refractivity contribution is -0.137. The Morgan fingerprint density at radius 1 is 1.15 bits per heavy atom. The van der Waals surface area contributed by atoms with Crippen molar-refractivity contribution in [3.8, 4) is 0 Å². The molecule has 1 N–H and O–H groups in total. The molecule has 174 valence electrons. The Hall–Kier alpha value is -2.62. The molecule has 3 aromatic rings. The van der Waals surface area contributed by atoms with Crippen LogP contribution >= 0.6 is 34.5 Å². The molecule has 0 bridgehead atoms. The number of thiazole rings is 1. The molecular weight excluding hydrogens is 498 g/mol. The van der Waals surface area contributed by atoms with Crippen molar-refractivity contribution in [3.05, 3.63) is 85.6 Å². The molecule has 11 heteroatoms. The van der Waals surface area contributed by atoms with Gasteiger partial charge in [0.25, 0.3) is 5.91 Å². The first-order valence-corrected chi connectivity index (χ1v) is 11.4. The van der Waals surface area contributed by atoms with Crippen molar-refractivity contribution in [1.29, 1.82) is 0 Å². The monoisotopic (exact) mass is 515 g/mol. The topological polar surface area (TPSA) is 63.5 Å². The maximum Gasteiger partial charge on any atom is 0.416 e. The highest BCUT2D eigenvalue weighted by atomic mass is 35.5. The highest BCUT2D eigenvalue weighted by Gasteiger charge is 2.30. The Labute approximate surface area is 201 Å². The maximum atomic E-state index is 12.9. The van der Waals surface area contributed by atoms with Gasteiger partial charge in [0, 0.05) is 23.7 Å². The number of aromatic nitrogens is 1. The van der Waals surface area contributed by atoms with E-state index >= 15 is 0 Å². The summed E-state index contributed by atoms with van der Waals surface area (Å²) in [5.41, 5.74) is -0.218.